The van der Waals surface area contributed by atoms with E-state index in [1.165, 1.54) is 18.2 Å². The van der Waals surface area contributed by atoms with Crippen LogP contribution >= 0.6 is 0 Å². The average Bonchev–Trinajstić information content (AvgIpc) is 2.70. The predicted molar refractivity (Wildman–Crippen MR) is 114 cm³/mol. The standard InChI is InChI=1S/C21H27FN2O5S/c1-16(15-29-18-12-10-17(28-2)11-13-18)23-21(25)9-6-14-24(30(3,26)27)20-8-5-4-7-19(20)22/h4-5,7-8,10-13,16H,6,9,14-15H2,1-3H3,(H,23,25)/t16-/m0/s1. The molecule has 1 N–H and O–H groups in total. The number of nitrogens with zero attached hydrogens (tertiary/aromatic N) is 1. The molecular weight excluding hydrogens is 411 g/mol. The quantitative estimate of drug-likeness (QED) is 0.583. The monoisotopic (exact) mass is 438 g/mol. The third kappa shape index (κ3) is 7.22. The van der Waals surface area contributed by atoms with Crippen molar-refractivity contribution in [3.05, 3.63) is 54.3 Å². The van der Waals surface area contributed by atoms with E-state index in [4.69, 9.17) is 9.47 Å². The summed E-state index contributed by atoms with van der Waals surface area (Å²) < 4.78 is 49.7. The molecule has 1 amide bonds. The Kier molecular flexibility index (Phi) is 8.46. The van der Waals surface area contributed by atoms with Crippen LogP contribution < -0.4 is 19.1 Å². The van der Waals surface area contributed by atoms with Gasteiger partial charge < -0.3 is 14.8 Å². The first-order valence-corrected chi connectivity index (χ1v) is 11.3. The minimum absolute atomic E-state index is 0.00388. The summed E-state index contributed by atoms with van der Waals surface area (Å²) >= 11 is 0. The van der Waals surface area contributed by atoms with E-state index in [1.54, 1.807) is 37.4 Å². The second kappa shape index (κ2) is 10.8. The Bertz CT molecular complexity index is 935. The van der Waals surface area contributed by atoms with Gasteiger partial charge in [-0.1, -0.05) is 12.1 Å². The summed E-state index contributed by atoms with van der Waals surface area (Å²) in [6.07, 6.45) is 1.37. The number of sulfonamides is 1. The van der Waals surface area contributed by atoms with Crippen molar-refractivity contribution in [2.45, 2.75) is 25.8 Å². The number of ether oxygens (including phenoxy) is 2. The molecule has 7 nitrogen and oxygen atoms in total. The van der Waals surface area contributed by atoms with Gasteiger partial charge in [-0.05, 0) is 49.7 Å². The first-order chi connectivity index (χ1) is 14.2. The van der Waals surface area contributed by atoms with Crippen molar-refractivity contribution in [2.75, 3.05) is 30.8 Å². The molecule has 0 bridgehead atoms. The number of methoxy groups -OCH3 is 1. The molecule has 164 valence electrons. The third-order valence-electron chi connectivity index (χ3n) is 4.25. The zero-order chi connectivity index (χ0) is 22.1. The number of carbonyl (C=O) groups excluding carboxylic acids is 1. The van der Waals surface area contributed by atoms with Crippen molar-refractivity contribution in [1.29, 1.82) is 0 Å². The SMILES string of the molecule is COc1ccc(OC[C@H](C)NC(=O)CCCN(c2ccccc2F)S(C)(=O)=O)cc1. The molecule has 1 atom stereocenters. The lowest BCUT2D eigenvalue weighted by molar-refractivity contribution is -0.121. The molecular formula is C21H27FN2O5S. The minimum Gasteiger partial charge on any atom is -0.497 e. The molecule has 0 radical (unpaired) electrons. The van der Waals surface area contributed by atoms with Gasteiger partial charge in [-0.3, -0.25) is 9.10 Å². The van der Waals surface area contributed by atoms with Crippen molar-refractivity contribution < 1.29 is 27.1 Å². The molecule has 0 aromatic heterocycles. The lowest BCUT2D eigenvalue weighted by atomic mass is 10.2. The zero-order valence-electron chi connectivity index (χ0n) is 17.3. The number of nitrogens with one attached hydrogen (secondary N) is 1. The Hall–Kier alpha value is -2.81. The highest BCUT2D eigenvalue weighted by Crippen LogP contribution is 2.22. The van der Waals surface area contributed by atoms with Gasteiger partial charge in [-0.15, -0.1) is 0 Å². The fraction of sp³-hybridized carbons (Fsp3) is 0.381. The average molecular weight is 439 g/mol. The van der Waals surface area contributed by atoms with E-state index < -0.39 is 15.8 Å². The van der Waals surface area contributed by atoms with Crippen LogP contribution in [0.4, 0.5) is 10.1 Å². The van der Waals surface area contributed by atoms with Gasteiger partial charge in [-0.25, -0.2) is 12.8 Å². The van der Waals surface area contributed by atoms with E-state index in [1.807, 2.05) is 6.92 Å². The number of benzene rings is 2. The third-order valence-corrected chi connectivity index (χ3v) is 5.43. The van der Waals surface area contributed by atoms with Gasteiger partial charge in [0.1, 0.15) is 23.9 Å². The number of hydrogen-bond donors (Lipinski definition) is 1. The smallest absolute Gasteiger partial charge is 0.232 e. The summed E-state index contributed by atoms with van der Waals surface area (Å²) in [6.45, 7) is 2.09. The van der Waals surface area contributed by atoms with Crippen LogP contribution in [0.15, 0.2) is 48.5 Å². The fourth-order valence-corrected chi connectivity index (χ4v) is 3.75. The van der Waals surface area contributed by atoms with Crippen molar-refractivity contribution in [3.8, 4) is 11.5 Å². The molecule has 0 aliphatic heterocycles. The van der Waals surface area contributed by atoms with Crippen LogP contribution in [-0.2, 0) is 14.8 Å². The first kappa shape index (κ1) is 23.5. The lowest BCUT2D eigenvalue weighted by Crippen LogP contribution is -2.37. The zero-order valence-corrected chi connectivity index (χ0v) is 18.1. The molecule has 2 aromatic rings. The van der Waals surface area contributed by atoms with E-state index in [0.29, 0.717) is 5.75 Å². The molecule has 0 saturated carbocycles. The fourth-order valence-electron chi connectivity index (χ4n) is 2.78. The first-order valence-electron chi connectivity index (χ1n) is 9.49. The Labute approximate surface area is 176 Å². The van der Waals surface area contributed by atoms with Gasteiger partial charge in [0.2, 0.25) is 15.9 Å². The van der Waals surface area contributed by atoms with Crippen LogP contribution in [-0.4, -0.2) is 46.9 Å². The number of carbonyl (C=O) groups is 1. The molecule has 0 spiro atoms. The van der Waals surface area contributed by atoms with Gasteiger partial charge in [0.05, 0.1) is 25.1 Å². The van der Waals surface area contributed by atoms with Gasteiger partial charge in [0.15, 0.2) is 0 Å². The summed E-state index contributed by atoms with van der Waals surface area (Å²) in [6, 6.07) is 12.5. The van der Waals surface area contributed by atoms with E-state index >= 15 is 0 Å². The largest absolute Gasteiger partial charge is 0.497 e. The summed E-state index contributed by atoms with van der Waals surface area (Å²) in [5.41, 5.74) is -0.0262. The molecule has 0 fully saturated rings. The maximum atomic E-state index is 14.0. The number of para-hydroxylation sites is 1. The second-order valence-electron chi connectivity index (χ2n) is 6.85. The van der Waals surface area contributed by atoms with Gasteiger partial charge >= 0.3 is 0 Å². The Morgan fingerprint density at radius 3 is 2.37 bits per heavy atom. The van der Waals surface area contributed by atoms with E-state index in [-0.39, 0.29) is 43.6 Å². The number of rotatable bonds is 11. The maximum Gasteiger partial charge on any atom is 0.232 e. The molecule has 2 aromatic carbocycles. The Morgan fingerprint density at radius 2 is 1.77 bits per heavy atom. The van der Waals surface area contributed by atoms with Gasteiger partial charge in [0.25, 0.3) is 0 Å². The molecule has 30 heavy (non-hydrogen) atoms. The summed E-state index contributed by atoms with van der Waals surface area (Å²) in [7, 11) is -2.09. The van der Waals surface area contributed by atoms with Crippen molar-refractivity contribution in [2.24, 2.45) is 0 Å². The topological polar surface area (TPSA) is 84.9 Å². The number of anilines is 1. The molecule has 0 aliphatic rings. The van der Waals surface area contributed by atoms with Crippen LogP contribution in [0.3, 0.4) is 0 Å². The van der Waals surface area contributed by atoms with Crippen molar-refractivity contribution in [1.82, 2.24) is 5.32 Å². The molecule has 0 unspecified atom stereocenters. The highest BCUT2D eigenvalue weighted by Gasteiger charge is 2.20. The van der Waals surface area contributed by atoms with Crippen LogP contribution in [0.1, 0.15) is 19.8 Å². The maximum absolute atomic E-state index is 14.0. The molecule has 2 rings (SSSR count). The number of hydrogen-bond acceptors (Lipinski definition) is 5. The van der Waals surface area contributed by atoms with E-state index in [0.717, 1.165) is 16.3 Å². The van der Waals surface area contributed by atoms with Crippen LogP contribution in [0.25, 0.3) is 0 Å². The van der Waals surface area contributed by atoms with Crippen molar-refractivity contribution in [3.63, 3.8) is 0 Å². The van der Waals surface area contributed by atoms with Crippen LogP contribution in [0, 0.1) is 5.82 Å². The molecule has 9 heteroatoms. The lowest BCUT2D eigenvalue weighted by Gasteiger charge is -2.23. The normalized spacial score (nSPS) is 12.1. The highest BCUT2D eigenvalue weighted by atomic mass is 32.2. The molecule has 0 saturated heterocycles. The minimum atomic E-state index is -3.67. The summed E-state index contributed by atoms with van der Waals surface area (Å²) in [4.78, 5) is 12.2. The Balaban J connectivity index is 1.80. The molecule has 0 heterocycles. The van der Waals surface area contributed by atoms with Gasteiger partial charge in [0, 0.05) is 13.0 Å². The van der Waals surface area contributed by atoms with Gasteiger partial charge in [-0.2, -0.15) is 0 Å². The number of amides is 1. The highest BCUT2D eigenvalue weighted by molar-refractivity contribution is 7.92. The second-order valence-corrected chi connectivity index (χ2v) is 8.75. The van der Waals surface area contributed by atoms with Crippen molar-refractivity contribution >= 4 is 21.6 Å². The summed E-state index contributed by atoms with van der Waals surface area (Å²) in [5, 5.41) is 2.81. The van der Waals surface area contributed by atoms with E-state index in [9.17, 15) is 17.6 Å². The molecule has 0 aliphatic carbocycles. The van der Waals surface area contributed by atoms with Crippen LogP contribution in [0.2, 0.25) is 0 Å². The van der Waals surface area contributed by atoms with E-state index in [2.05, 4.69) is 5.32 Å². The van der Waals surface area contributed by atoms with Crippen LogP contribution in [0.5, 0.6) is 11.5 Å². The summed E-state index contributed by atoms with van der Waals surface area (Å²) in [5.74, 6) is 0.521. The Morgan fingerprint density at radius 1 is 1.13 bits per heavy atom. The number of halogens is 1. The predicted octanol–water partition coefficient (Wildman–Crippen LogP) is 2.96.